The van der Waals surface area contributed by atoms with Crippen molar-refractivity contribution in [3.8, 4) is 11.5 Å². The van der Waals surface area contributed by atoms with E-state index < -0.39 is 0 Å². The van der Waals surface area contributed by atoms with Crippen LogP contribution in [0.25, 0.3) is 0 Å². The van der Waals surface area contributed by atoms with Gasteiger partial charge in [0, 0.05) is 19.0 Å². The minimum absolute atomic E-state index is 0. The third-order valence-corrected chi connectivity index (χ3v) is 4.09. The highest BCUT2D eigenvalue weighted by atomic mass is 35.5. The molecule has 6 heteroatoms. The van der Waals surface area contributed by atoms with Gasteiger partial charge in [-0.2, -0.15) is 0 Å². The molecule has 0 aliphatic heterocycles. The number of ether oxygens (including phenoxy) is 2. The van der Waals surface area contributed by atoms with Crippen LogP contribution in [0.15, 0.2) is 18.2 Å². The van der Waals surface area contributed by atoms with Gasteiger partial charge in [0.25, 0.3) is 0 Å². The Kier molecular flexibility index (Phi) is 8.20. The molecular weight excluding hydrogens is 316 g/mol. The van der Waals surface area contributed by atoms with Crippen molar-refractivity contribution >= 4 is 18.3 Å². The van der Waals surface area contributed by atoms with Crippen LogP contribution in [0.4, 0.5) is 0 Å². The van der Waals surface area contributed by atoms with Crippen LogP contribution < -0.4 is 20.5 Å². The zero-order valence-corrected chi connectivity index (χ0v) is 14.7. The maximum Gasteiger partial charge on any atom is 0.224 e. The summed E-state index contributed by atoms with van der Waals surface area (Å²) in [6.07, 6.45) is 4.98. The van der Waals surface area contributed by atoms with E-state index in [1.807, 2.05) is 25.1 Å². The largest absolute Gasteiger partial charge is 0.493 e. The Bertz CT molecular complexity index is 505. The van der Waals surface area contributed by atoms with Crippen LogP contribution in [0.3, 0.4) is 0 Å². The van der Waals surface area contributed by atoms with E-state index in [9.17, 15) is 4.79 Å². The normalized spacial score (nSPS) is 15.6. The molecule has 1 atom stereocenters. The van der Waals surface area contributed by atoms with Gasteiger partial charge in [-0.1, -0.05) is 13.0 Å². The summed E-state index contributed by atoms with van der Waals surface area (Å²) in [7, 11) is 1.63. The molecule has 130 valence electrons. The number of rotatable bonds is 7. The Morgan fingerprint density at radius 1 is 1.35 bits per heavy atom. The minimum atomic E-state index is -0.174. The summed E-state index contributed by atoms with van der Waals surface area (Å²) in [6.45, 7) is 2.63. The standard InChI is InChI=1S/C17H26N2O3.ClH/c1-12(10-18)17(20)19-11-13-7-8-15(16(9-13)21-2)22-14-5-3-4-6-14;/h7-9,12,14H,3-6,10-11,18H2,1-2H3,(H,19,20);1H. The van der Waals surface area contributed by atoms with E-state index in [1.54, 1.807) is 7.11 Å². The zero-order valence-electron chi connectivity index (χ0n) is 13.8. The van der Waals surface area contributed by atoms with Crippen molar-refractivity contribution in [2.24, 2.45) is 11.7 Å². The first-order valence-corrected chi connectivity index (χ1v) is 7.95. The number of benzene rings is 1. The summed E-state index contributed by atoms with van der Waals surface area (Å²) >= 11 is 0. The monoisotopic (exact) mass is 342 g/mol. The van der Waals surface area contributed by atoms with Crippen molar-refractivity contribution in [1.82, 2.24) is 5.32 Å². The molecule has 1 aromatic rings. The highest BCUT2D eigenvalue weighted by Crippen LogP contribution is 2.32. The highest BCUT2D eigenvalue weighted by Gasteiger charge is 2.18. The quantitative estimate of drug-likeness (QED) is 0.799. The molecule has 0 saturated heterocycles. The zero-order chi connectivity index (χ0) is 15.9. The maximum absolute atomic E-state index is 11.8. The van der Waals surface area contributed by atoms with Gasteiger partial charge in [0.2, 0.25) is 5.91 Å². The van der Waals surface area contributed by atoms with Gasteiger partial charge in [-0.15, -0.1) is 12.4 Å². The van der Waals surface area contributed by atoms with Crippen LogP contribution in [0, 0.1) is 5.92 Å². The summed E-state index contributed by atoms with van der Waals surface area (Å²) in [5.74, 6) is 1.28. The SMILES string of the molecule is COc1cc(CNC(=O)C(C)CN)ccc1OC1CCCC1.Cl. The summed E-state index contributed by atoms with van der Waals surface area (Å²) in [6, 6.07) is 5.79. The summed E-state index contributed by atoms with van der Waals surface area (Å²) < 4.78 is 11.4. The number of amides is 1. The Morgan fingerprint density at radius 3 is 2.65 bits per heavy atom. The second kappa shape index (κ2) is 9.63. The van der Waals surface area contributed by atoms with E-state index in [0.717, 1.165) is 24.2 Å². The Labute approximate surface area is 144 Å². The van der Waals surface area contributed by atoms with E-state index in [-0.39, 0.29) is 24.2 Å². The van der Waals surface area contributed by atoms with Gasteiger partial charge in [0.15, 0.2) is 11.5 Å². The molecule has 1 amide bonds. The molecule has 0 bridgehead atoms. The van der Waals surface area contributed by atoms with E-state index in [1.165, 1.54) is 12.8 Å². The van der Waals surface area contributed by atoms with Crippen LogP contribution >= 0.6 is 12.4 Å². The summed E-state index contributed by atoms with van der Waals surface area (Å²) in [4.78, 5) is 11.8. The lowest BCUT2D eigenvalue weighted by atomic mass is 10.1. The molecule has 23 heavy (non-hydrogen) atoms. The van der Waals surface area contributed by atoms with Gasteiger partial charge < -0.3 is 20.5 Å². The molecule has 3 N–H and O–H groups in total. The molecule has 1 unspecified atom stereocenters. The topological polar surface area (TPSA) is 73.6 Å². The molecule has 1 aliphatic carbocycles. The Morgan fingerprint density at radius 2 is 2.04 bits per heavy atom. The van der Waals surface area contributed by atoms with E-state index in [2.05, 4.69) is 5.32 Å². The first-order chi connectivity index (χ1) is 10.6. The van der Waals surface area contributed by atoms with E-state index in [0.29, 0.717) is 24.9 Å². The molecule has 0 radical (unpaired) electrons. The van der Waals surface area contributed by atoms with E-state index in [4.69, 9.17) is 15.2 Å². The fraction of sp³-hybridized carbons (Fsp3) is 0.588. The number of nitrogens with two attached hydrogens (primary N) is 1. The molecule has 0 heterocycles. The van der Waals surface area contributed by atoms with Crippen LogP contribution in [0.2, 0.25) is 0 Å². The molecular formula is C17H27ClN2O3. The second-order valence-electron chi connectivity index (χ2n) is 5.86. The van der Waals surface area contributed by atoms with Gasteiger partial charge in [0.1, 0.15) is 0 Å². The number of nitrogens with one attached hydrogen (secondary N) is 1. The highest BCUT2D eigenvalue weighted by molar-refractivity contribution is 5.85. The van der Waals surface area contributed by atoms with Gasteiger partial charge in [-0.05, 0) is 43.4 Å². The van der Waals surface area contributed by atoms with Crippen molar-refractivity contribution in [2.45, 2.75) is 45.3 Å². The Hall–Kier alpha value is -1.46. The van der Waals surface area contributed by atoms with Crippen molar-refractivity contribution in [3.63, 3.8) is 0 Å². The minimum Gasteiger partial charge on any atom is -0.493 e. The molecule has 1 aromatic carbocycles. The maximum atomic E-state index is 11.8. The molecule has 1 saturated carbocycles. The fourth-order valence-electron chi connectivity index (χ4n) is 2.58. The average molecular weight is 343 g/mol. The average Bonchev–Trinajstić information content (AvgIpc) is 3.05. The van der Waals surface area contributed by atoms with Gasteiger partial charge in [0.05, 0.1) is 13.2 Å². The van der Waals surface area contributed by atoms with Crippen molar-refractivity contribution in [2.75, 3.05) is 13.7 Å². The van der Waals surface area contributed by atoms with Crippen LogP contribution in [-0.4, -0.2) is 25.7 Å². The number of hydrogen-bond acceptors (Lipinski definition) is 4. The van der Waals surface area contributed by atoms with Gasteiger partial charge >= 0.3 is 0 Å². The Balaban J connectivity index is 0.00000264. The third kappa shape index (κ3) is 5.59. The van der Waals surface area contributed by atoms with Crippen LogP contribution in [0.1, 0.15) is 38.2 Å². The smallest absolute Gasteiger partial charge is 0.224 e. The summed E-state index contributed by atoms with van der Waals surface area (Å²) in [5.41, 5.74) is 6.47. The van der Waals surface area contributed by atoms with Crippen molar-refractivity contribution in [3.05, 3.63) is 23.8 Å². The lowest BCUT2D eigenvalue weighted by Crippen LogP contribution is -2.32. The number of hydrogen-bond donors (Lipinski definition) is 2. The van der Waals surface area contributed by atoms with Gasteiger partial charge in [-0.3, -0.25) is 4.79 Å². The molecule has 1 aliphatic rings. The molecule has 0 aromatic heterocycles. The predicted molar refractivity (Wildman–Crippen MR) is 93.2 cm³/mol. The molecule has 1 fully saturated rings. The van der Waals surface area contributed by atoms with Gasteiger partial charge in [-0.25, -0.2) is 0 Å². The van der Waals surface area contributed by atoms with Crippen LogP contribution in [-0.2, 0) is 11.3 Å². The van der Waals surface area contributed by atoms with Crippen molar-refractivity contribution < 1.29 is 14.3 Å². The number of halogens is 1. The summed E-state index contributed by atoms with van der Waals surface area (Å²) in [5, 5.41) is 2.88. The fourth-order valence-corrected chi connectivity index (χ4v) is 2.58. The number of carbonyl (C=O) groups is 1. The molecule has 5 nitrogen and oxygen atoms in total. The molecule has 2 rings (SSSR count). The first kappa shape index (κ1) is 19.6. The number of methoxy groups -OCH3 is 1. The lowest BCUT2D eigenvalue weighted by Gasteiger charge is -2.17. The predicted octanol–water partition coefficient (Wildman–Crippen LogP) is 2.65. The van der Waals surface area contributed by atoms with Crippen LogP contribution in [0.5, 0.6) is 11.5 Å². The second-order valence-corrected chi connectivity index (χ2v) is 5.86. The lowest BCUT2D eigenvalue weighted by molar-refractivity contribution is -0.124. The van der Waals surface area contributed by atoms with Crippen molar-refractivity contribution in [1.29, 1.82) is 0 Å². The number of carbonyl (C=O) groups excluding carboxylic acids is 1. The third-order valence-electron chi connectivity index (χ3n) is 4.09. The first-order valence-electron chi connectivity index (χ1n) is 7.95. The molecule has 0 spiro atoms. The van der Waals surface area contributed by atoms with E-state index >= 15 is 0 Å².